The third-order valence-corrected chi connectivity index (χ3v) is 4.12. The predicted molar refractivity (Wildman–Crippen MR) is 118 cm³/mol. The number of nitrogens with zero attached hydrogens (tertiary/aromatic N) is 4. The van der Waals surface area contributed by atoms with Gasteiger partial charge in [0.1, 0.15) is 0 Å². The Labute approximate surface area is 178 Å². The van der Waals surface area contributed by atoms with Crippen molar-refractivity contribution in [1.82, 2.24) is 25.4 Å². The van der Waals surface area contributed by atoms with E-state index in [1.54, 1.807) is 17.1 Å². The predicted octanol–water partition coefficient (Wildman–Crippen LogP) is 2.76. The summed E-state index contributed by atoms with van der Waals surface area (Å²) >= 11 is 0. The van der Waals surface area contributed by atoms with Crippen LogP contribution in [0.3, 0.4) is 0 Å². The number of halogens is 1. The Kier molecular flexibility index (Phi) is 9.54. The Morgan fingerprint density at radius 2 is 2.22 bits per heavy atom. The van der Waals surface area contributed by atoms with E-state index in [1.165, 1.54) is 12.8 Å². The second-order valence-corrected chi connectivity index (χ2v) is 6.47. The van der Waals surface area contributed by atoms with Crippen molar-refractivity contribution < 1.29 is 4.74 Å². The van der Waals surface area contributed by atoms with Gasteiger partial charge in [0.05, 0.1) is 6.54 Å². The van der Waals surface area contributed by atoms with E-state index in [0.29, 0.717) is 6.54 Å². The largest absolute Gasteiger partial charge is 0.381 e. The highest BCUT2D eigenvalue weighted by atomic mass is 127. The van der Waals surface area contributed by atoms with E-state index >= 15 is 0 Å². The zero-order valence-electron chi connectivity index (χ0n) is 15.8. The number of hydrogen-bond acceptors (Lipinski definition) is 4. The van der Waals surface area contributed by atoms with Crippen molar-refractivity contribution >= 4 is 29.9 Å². The van der Waals surface area contributed by atoms with E-state index in [9.17, 15) is 0 Å². The molecule has 0 aliphatic heterocycles. The van der Waals surface area contributed by atoms with Crippen LogP contribution in [0.4, 0.5) is 0 Å². The van der Waals surface area contributed by atoms with Crippen LogP contribution in [-0.4, -0.2) is 47.0 Å². The second-order valence-electron chi connectivity index (χ2n) is 6.47. The molecule has 2 aromatic rings. The number of nitrogens with one attached hydrogen (secondary N) is 2. The third-order valence-electron chi connectivity index (χ3n) is 4.12. The lowest BCUT2D eigenvalue weighted by molar-refractivity contribution is 0.123. The van der Waals surface area contributed by atoms with Crippen LogP contribution in [0.15, 0.2) is 41.8 Å². The summed E-state index contributed by atoms with van der Waals surface area (Å²) in [6.07, 6.45) is 9.08. The maximum atomic E-state index is 5.66. The number of aromatic nitrogens is 3. The molecule has 0 bridgehead atoms. The first-order valence-corrected chi connectivity index (χ1v) is 9.40. The molecule has 1 fully saturated rings. The molecule has 148 valence electrons. The van der Waals surface area contributed by atoms with Crippen LogP contribution in [0.2, 0.25) is 0 Å². The molecule has 2 heterocycles. The van der Waals surface area contributed by atoms with Crippen molar-refractivity contribution in [1.29, 1.82) is 0 Å². The number of rotatable bonds is 10. The molecule has 8 heteroatoms. The zero-order chi connectivity index (χ0) is 18.0. The van der Waals surface area contributed by atoms with Crippen molar-refractivity contribution in [3.63, 3.8) is 0 Å². The Hall–Kier alpha value is -1.68. The minimum Gasteiger partial charge on any atom is -0.381 e. The molecule has 0 spiro atoms. The molecule has 0 unspecified atom stereocenters. The molecule has 27 heavy (non-hydrogen) atoms. The zero-order valence-corrected chi connectivity index (χ0v) is 18.1. The Morgan fingerprint density at radius 3 is 2.96 bits per heavy atom. The number of pyridine rings is 1. The van der Waals surface area contributed by atoms with E-state index in [4.69, 9.17) is 4.74 Å². The molecule has 3 rings (SSSR count). The van der Waals surface area contributed by atoms with Crippen molar-refractivity contribution in [3.8, 4) is 5.82 Å². The smallest absolute Gasteiger partial charge is 0.191 e. The van der Waals surface area contributed by atoms with Crippen LogP contribution in [0.1, 0.15) is 31.7 Å². The monoisotopic (exact) mass is 484 g/mol. The van der Waals surface area contributed by atoms with Gasteiger partial charge in [0.2, 0.25) is 0 Å². The van der Waals surface area contributed by atoms with Gasteiger partial charge >= 0.3 is 0 Å². The summed E-state index contributed by atoms with van der Waals surface area (Å²) in [4.78, 5) is 9.01. The van der Waals surface area contributed by atoms with Crippen LogP contribution >= 0.6 is 24.0 Å². The van der Waals surface area contributed by atoms with Gasteiger partial charge in [-0.05, 0) is 55.9 Å². The molecule has 0 radical (unpaired) electrons. The molecule has 7 nitrogen and oxygen atoms in total. The molecule has 0 aromatic carbocycles. The number of aliphatic imine (C=N–C) groups is 1. The highest BCUT2D eigenvalue weighted by Crippen LogP contribution is 2.28. The van der Waals surface area contributed by atoms with Gasteiger partial charge in [-0.15, -0.1) is 24.0 Å². The molecule has 0 atom stereocenters. The van der Waals surface area contributed by atoms with Gasteiger partial charge < -0.3 is 15.4 Å². The van der Waals surface area contributed by atoms with Crippen LogP contribution in [0, 0.1) is 5.92 Å². The van der Waals surface area contributed by atoms with Crippen LogP contribution in [-0.2, 0) is 11.3 Å². The molecule has 0 amide bonds. The molecule has 0 saturated heterocycles. The fourth-order valence-corrected chi connectivity index (χ4v) is 2.52. The summed E-state index contributed by atoms with van der Waals surface area (Å²) in [6.45, 7) is 6.07. The second kappa shape index (κ2) is 11.9. The fourth-order valence-electron chi connectivity index (χ4n) is 2.52. The van der Waals surface area contributed by atoms with Crippen LogP contribution in [0.5, 0.6) is 0 Å². The summed E-state index contributed by atoms with van der Waals surface area (Å²) in [5, 5.41) is 10.9. The van der Waals surface area contributed by atoms with E-state index in [-0.39, 0.29) is 24.0 Å². The van der Waals surface area contributed by atoms with E-state index in [0.717, 1.165) is 56.0 Å². The first kappa shape index (κ1) is 21.6. The Bertz CT molecular complexity index is 687. The standard InChI is InChI=1S/C19H28N6O.HI/c1-2-20-19(22-8-4-12-26-15-16-5-6-16)23-14-17-7-10-21-18(13-17)25-11-3-9-24-25;/h3,7,9-11,13,16H,2,4-6,8,12,14-15H2,1H3,(H2,20,22,23);1H. The lowest BCUT2D eigenvalue weighted by atomic mass is 10.2. The SMILES string of the molecule is CCNC(=NCc1ccnc(-n2cccn2)c1)NCCCOCC1CC1.I. The summed E-state index contributed by atoms with van der Waals surface area (Å²) < 4.78 is 7.41. The first-order valence-electron chi connectivity index (χ1n) is 9.40. The number of ether oxygens (including phenoxy) is 1. The van der Waals surface area contributed by atoms with E-state index in [1.807, 2.05) is 24.4 Å². The number of hydrogen-bond donors (Lipinski definition) is 2. The van der Waals surface area contributed by atoms with Crippen molar-refractivity contribution in [2.24, 2.45) is 10.9 Å². The maximum absolute atomic E-state index is 5.66. The topological polar surface area (TPSA) is 76.4 Å². The van der Waals surface area contributed by atoms with E-state index in [2.05, 4.69) is 32.6 Å². The molecular weight excluding hydrogens is 455 g/mol. The quantitative estimate of drug-likeness (QED) is 0.235. The average molecular weight is 484 g/mol. The minimum atomic E-state index is 0. The Balaban J connectivity index is 0.00000261. The van der Waals surface area contributed by atoms with Crippen molar-refractivity contribution in [2.75, 3.05) is 26.3 Å². The van der Waals surface area contributed by atoms with Crippen molar-refractivity contribution in [2.45, 2.75) is 32.7 Å². The third kappa shape index (κ3) is 7.84. The van der Waals surface area contributed by atoms with Gasteiger partial charge in [-0.2, -0.15) is 5.10 Å². The molecular formula is C19H29IN6O. The van der Waals surface area contributed by atoms with Gasteiger partial charge in [-0.25, -0.2) is 14.7 Å². The summed E-state index contributed by atoms with van der Waals surface area (Å²) in [6, 6.07) is 5.87. The molecule has 2 N–H and O–H groups in total. The van der Waals surface area contributed by atoms with Gasteiger partial charge in [0.15, 0.2) is 11.8 Å². The van der Waals surface area contributed by atoms with Gasteiger partial charge in [0.25, 0.3) is 0 Å². The lowest BCUT2D eigenvalue weighted by Gasteiger charge is -2.11. The normalized spacial score (nSPS) is 13.9. The fraction of sp³-hybridized carbons (Fsp3) is 0.526. The Morgan fingerprint density at radius 1 is 1.33 bits per heavy atom. The summed E-state index contributed by atoms with van der Waals surface area (Å²) in [7, 11) is 0. The average Bonchev–Trinajstić information content (AvgIpc) is 3.32. The van der Waals surface area contributed by atoms with Crippen LogP contribution < -0.4 is 10.6 Å². The summed E-state index contributed by atoms with van der Waals surface area (Å²) in [5.74, 6) is 2.45. The highest BCUT2D eigenvalue weighted by molar-refractivity contribution is 14.0. The lowest BCUT2D eigenvalue weighted by Crippen LogP contribution is -2.38. The molecule has 2 aromatic heterocycles. The van der Waals surface area contributed by atoms with Gasteiger partial charge in [-0.3, -0.25) is 0 Å². The molecule has 1 saturated carbocycles. The maximum Gasteiger partial charge on any atom is 0.191 e. The molecule has 1 aliphatic carbocycles. The molecule has 1 aliphatic rings. The van der Waals surface area contributed by atoms with Crippen LogP contribution in [0.25, 0.3) is 5.82 Å². The van der Waals surface area contributed by atoms with Gasteiger partial charge in [0, 0.05) is 44.9 Å². The highest BCUT2D eigenvalue weighted by Gasteiger charge is 2.20. The summed E-state index contributed by atoms with van der Waals surface area (Å²) in [5.41, 5.74) is 1.09. The van der Waals surface area contributed by atoms with Gasteiger partial charge in [-0.1, -0.05) is 0 Å². The van der Waals surface area contributed by atoms with E-state index < -0.39 is 0 Å². The first-order chi connectivity index (χ1) is 12.8. The van der Waals surface area contributed by atoms with Crippen molar-refractivity contribution in [3.05, 3.63) is 42.4 Å². The number of guanidine groups is 1. The minimum absolute atomic E-state index is 0.